The Balaban J connectivity index is 1.25. The Morgan fingerprint density at radius 3 is 2.96 bits per heavy atom. The average molecular weight is 332 g/mol. The van der Waals surface area contributed by atoms with Crippen molar-refractivity contribution >= 4 is 17.7 Å². The molecule has 4 nitrogen and oxygen atoms in total. The van der Waals surface area contributed by atoms with Crippen molar-refractivity contribution in [2.24, 2.45) is 5.92 Å². The number of likely N-dealkylation sites (tertiary alicyclic amines) is 1. The third-order valence-electron chi connectivity index (χ3n) is 5.31. The van der Waals surface area contributed by atoms with Gasteiger partial charge in [-0.1, -0.05) is 12.5 Å². The molecule has 0 N–H and O–H groups in total. The fourth-order valence-corrected chi connectivity index (χ4v) is 5.28. The molecule has 2 aliphatic heterocycles. The summed E-state index contributed by atoms with van der Waals surface area (Å²) in [6, 6.07) is 6.06. The number of amides is 1. The molecule has 5 heteroatoms. The quantitative estimate of drug-likeness (QED) is 0.850. The van der Waals surface area contributed by atoms with Crippen molar-refractivity contribution in [3.63, 3.8) is 0 Å². The number of rotatable bonds is 4. The Labute approximate surface area is 142 Å². The summed E-state index contributed by atoms with van der Waals surface area (Å²) in [6.45, 7) is 4.45. The van der Waals surface area contributed by atoms with Crippen LogP contribution in [0.2, 0.25) is 0 Å². The number of hydrogen-bond donors (Lipinski definition) is 0. The molecule has 0 unspecified atom stereocenters. The van der Waals surface area contributed by atoms with Gasteiger partial charge < -0.3 is 9.64 Å². The second kappa shape index (κ2) is 6.10. The van der Waals surface area contributed by atoms with Crippen LogP contribution in [0.1, 0.15) is 37.1 Å². The highest BCUT2D eigenvalue weighted by Gasteiger charge is 2.51. The number of hydrogen-bond acceptors (Lipinski definition) is 4. The van der Waals surface area contributed by atoms with Gasteiger partial charge in [-0.2, -0.15) is 0 Å². The van der Waals surface area contributed by atoms with Crippen LogP contribution in [0.5, 0.6) is 0 Å². The SMILES string of the molecule is Cc1cccc(CO[C@@H]2CSC3(C2)CN(C(=O)C2CCC2)C3)n1. The van der Waals surface area contributed by atoms with Gasteiger partial charge >= 0.3 is 0 Å². The second-order valence-corrected chi connectivity index (χ2v) is 8.71. The molecule has 1 amide bonds. The molecule has 0 radical (unpaired) electrons. The molecule has 124 valence electrons. The summed E-state index contributed by atoms with van der Waals surface area (Å²) in [4.78, 5) is 18.8. The van der Waals surface area contributed by atoms with E-state index in [2.05, 4.69) is 9.88 Å². The fourth-order valence-electron chi connectivity index (χ4n) is 3.73. The first-order chi connectivity index (χ1) is 11.1. The number of nitrogens with zero attached hydrogens (tertiary/aromatic N) is 2. The Bertz CT molecular complexity index is 596. The molecular formula is C18H24N2O2S. The smallest absolute Gasteiger partial charge is 0.225 e. The second-order valence-electron chi connectivity index (χ2n) is 7.22. The number of thioether (sulfide) groups is 1. The summed E-state index contributed by atoms with van der Waals surface area (Å²) in [5.74, 6) is 1.77. The van der Waals surface area contributed by atoms with E-state index in [1.807, 2.05) is 36.9 Å². The number of carbonyl (C=O) groups is 1. The van der Waals surface area contributed by atoms with Crippen molar-refractivity contribution in [2.45, 2.75) is 50.1 Å². The summed E-state index contributed by atoms with van der Waals surface area (Å²) >= 11 is 2.00. The molecule has 4 rings (SSSR count). The van der Waals surface area contributed by atoms with Gasteiger partial charge in [0.25, 0.3) is 0 Å². The topological polar surface area (TPSA) is 42.4 Å². The van der Waals surface area contributed by atoms with Crippen LogP contribution in [0, 0.1) is 12.8 Å². The van der Waals surface area contributed by atoms with Crippen LogP contribution in [-0.2, 0) is 16.1 Å². The zero-order valence-electron chi connectivity index (χ0n) is 13.7. The van der Waals surface area contributed by atoms with E-state index in [0.29, 0.717) is 24.5 Å². The van der Waals surface area contributed by atoms with Gasteiger partial charge in [-0.25, -0.2) is 0 Å². The highest BCUT2D eigenvalue weighted by molar-refractivity contribution is 8.01. The van der Waals surface area contributed by atoms with Crippen molar-refractivity contribution in [3.05, 3.63) is 29.6 Å². The van der Waals surface area contributed by atoms with Crippen molar-refractivity contribution < 1.29 is 9.53 Å². The van der Waals surface area contributed by atoms with Gasteiger partial charge in [0.15, 0.2) is 0 Å². The van der Waals surface area contributed by atoms with E-state index >= 15 is 0 Å². The largest absolute Gasteiger partial charge is 0.371 e. The summed E-state index contributed by atoms with van der Waals surface area (Å²) in [5, 5.41) is 0. The van der Waals surface area contributed by atoms with E-state index in [0.717, 1.165) is 49.5 Å². The van der Waals surface area contributed by atoms with Crippen LogP contribution in [0.3, 0.4) is 0 Å². The third kappa shape index (κ3) is 3.13. The van der Waals surface area contributed by atoms with Crippen molar-refractivity contribution in [1.82, 2.24) is 9.88 Å². The van der Waals surface area contributed by atoms with E-state index in [9.17, 15) is 4.79 Å². The summed E-state index contributed by atoms with van der Waals surface area (Å²) < 4.78 is 6.33. The van der Waals surface area contributed by atoms with E-state index in [4.69, 9.17) is 4.74 Å². The van der Waals surface area contributed by atoms with Crippen LogP contribution in [0.25, 0.3) is 0 Å². The lowest BCUT2D eigenvalue weighted by Crippen LogP contribution is -2.62. The molecule has 23 heavy (non-hydrogen) atoms. The van der Waals surface area contributed by atoms with Crippen LogP contribution in [0.4, 0.5) is 0 Å². The number of carbonyl (C=O) groups excluding carboxylic acids is 1. The minimum absolute atomic E-state index is 0.268. The molecule has 1 atom stereocenters. The molecule has 0 bridgehead atoms. The molecule has 3 heterocycles. The molecule has 1 saturated carbocycles. The highest BCUT2D eigenvalue weighted by Crippen LogP contribution is 2.47. The Morgan fingerprint density at radius 2 is 2.26 bits per heavy atom. The monoisotopic (exact) mass is 332 g/mol. The van der Waals surface area contributed by atoms with Crippen molar-refractivity contribution in [2.75, 3.05) is 18.8 Å². The summed E-state index contributed by atoms with van der Waals surface area (Å²) in [7, 11) is 0. The van der Waals surface area contributed by atoms with Gasteiger partial charge in [-0.05, 0) is 38.3 Å². The van der Waals surface area contributed by atoms with Gasteiger partial charge in [0, 0.05) is 30.5 Å². The van der Waals surface area contributed by atoms with Gasteiger partial charge in [0.2, 0.25) is 5.91 Å². The minimum Gasteiger partial charge on any atom is -0.371 e. The maximum atomic E-state index is 12.2. The lowest BCUT2D eigenvalue weighted by Gasteiger charge is -2.49. The number of ether oxygens (including phenoxy) is 1. The van der Waals surface area contributed by atoms with Crippen LogP contribution in [0.15, 0.2) is 18.2 Å². The standard InChI is InChI=1S/C18H24N2O2S/c1-13-4-2-7-15(19-13)9-22-16-8-18(23-10-16)11-20(12-18)17(21)14-5-3-6-14/h2,4,7,14,16H,3,5-6,8-12H2,1H3/t16-/m0/s1. The van der Waals surface area contributed by atoms with Crippen LogP contribution in [-0.4, -0.2) is 45.5 Å². The van der Waals surface area contributed by atoms with E-state index in [1.165, 1.54) is 6.42 Å². The van der Waals surface area contributed by atoms with Crippen molar-refractivity contribution in [3.8, 4) is 0 Å². The molecule has 0 aromatic carbocycles. The normalized spacial score (nSPS) is 26.1. The molecule has 1 aromatic heterocycles. The zero-order chi connectivity index (χ0) is 15.9. The molecule has 2 saturated heterocycles. The first-order valence-electron chi connectivity index (χ1n) is 8.60. The molecule has 3 fully saturated rings. The van der Waals surface area contributed by atoms with Gasteiger partial charge in [0.05, 0.1) is 23.2 Å². The highest BCUT2D eigenvalue weighted by atomic mass is 32.2. The summed E-state index contributed by atoms with van der Waals surface area (Å²) in [5.41, 5.74) is 2.04. The molecule has 3 aliphatic rings. The molecular weight excluding hydrogens is 308 g/mol. The van der Waals surface area contributed by atoms with Crippen LogP contribution < -0.4 is 0 Å². The maximum Gasteiger partial charge on any atom is 0.225 e. The predicted octanol–water partition coefficient (Wildman–Crippen LogP) is 2.79. The molecule has 1 spiro atoms. The average Bonchev–Trinajstić information content (AvgIpc) is 2.86. The van der Waals surface area contributed by atoms with Gasteiger partial charge in [0.1, 0.15) is 0 Å². The number of pyridine rings is 1. The maximum absolute atomic E-state index is 12.2. The first-order valence-corrected chi connectivity index (χ1v) is 9.59. The molecule has 1 aliphatic carbocycles. The van der Waals surface area contributed by atoms with E-state index < -0.39 is 0 Å². The van der Waals surface area contributed by atoms with Gasteiger partial charge in [-0.15, -0.1) is 11.8 Å². The predicted molar refractivity (Wildman–Crippen MR) is 91.3 cm³/mol. The third-order valence-corrected chi connectivity index (χ3v) is 6.89. The van der Waals surface area contributed by atoms with Crippen LogP contribution >= 0.6 is 11.8 Å². The lowest BCUT2D eigenvalue weighted by atomic mass is 9.82. The summed E-state index contributed by atoms with van der Waals surface area (Å²) in [6.07, 6.45) is 4.80. The molecule has 1 aromatic rings. The van der Waals surface area contributed by atoms with E-state index in [1.54, 1.807) is 0 Å². The van der Waals surface area contributed by atoms with Gasteiger partial charge in [-0.3, -0.25) is 9.78 Å². The minimum atomic E-state index is 0.268. The van der Waals surface area contributed by atoms with E-state index in [-0.39, 0.29) is 4.75 Å². The Kier molecular flexibility index (Phi) is 4.10. The lowest BCUT2D eigenvalue weighted by molar-refractivity contribution is -0.144. The number of aromatic nitrogens is 1. The Morgan fingerprint density at radius 1 is 1.43 bits per heavy atom. The van der Waals surface area contributed by atoms with Crippen molar-refractivity contribution in [1.29, 1.82) is 0 Å². The number of aryl methyl sites for hydroxylation is 1. The fraction of sp³-hybridized carbons (Fsp3) is 0.667. The zero-order valence-corrected chi connectivity index (χ0v) is 14.5. The first kappa shape index (κ1) is 15.5. The Hall–Kier alpha value is -1.07.